The number of nitrogens with one attached hydrogen (secondary N) is 1. The van der Waals surface area contributed by atoms with Crippen molar-refractivity contribution in [3.05, 3.63) is 0 Å². The van der Waals surface area contributed by atoms with Gasteiger partial charge < -0.3 is 0 Å². The standard InChI is InChI=1S/C11H19ClN2OS/c12-8-13-11(16-15)14-7-3-5-9-4-1-2-6-10(9)14/h9-10,13H,1-8H2. The molecule has 1 aliphatic heterocycles. The summed E-state index contributed by atoms with van der Waals surface area (Å²) in [5.74, 6) is 0.793. The third-order valence-corrected chi connectivity index (χ3v) is 4.47. The fourth-order valence-corrected chi connectivity index (χ4v) is 3.77. The summed E-state index contributed by atoms with van der Waals surface area (Å²) in [6.07, 6.45) is 7.76. The van der Waals surface area contributed by atoms with Crippen LogP contribution in [0.15, 0.2) is 0 Å². The minimum Gasteiger partial charge on any atom is -0.254 e. The van der Waals surface area contributed by atoms with E-state index in [1.807, 2.05) is 0 Å². The number of fused-ring (bicyclic) bond motifs is 1. The normalized spacial score (nSPS) is 30.8. The van der Waals surface area contributed by atoms with E-state index >= 15 is 0 Å². The fourth-order valence-electron chi connectivity index (χ4n) is 3.11. The second-order valence-corrected chi connectivity index (χ2v) is 5.47. The molecule has 1 saturated heterocycles. The van der Waals surface area contributed by atoms with Crippen LogP contribution in [0, 0.1) is 5.92 Å². The van der Waals surface area contributed by atoms with E-state index in [-0.39, 0.29) is 0 Å². The van der Waals surface area contributed by atoms with Crippen molar-refractivity contribution in [1.82, 2.24) is 10.2 Å². The SMILES string of the molecule is O=S=C(NCCl)N1CCCC2CCCCC21. The molecule has 0 spiro atoms. The van der Waals surface area contributed by atoms with Gasteiger partial charge in [0, 0.05) is 12.6 Å². The van der Waals surface area contributed by atoms with Crippen LogP contribution >= 0.6 is 11.6 Å². The van der Waals surface area contributed by atoms with Gasteiger partial charge in [-0.15, -0.1) is 11.6 Å². The minimum absolute atomic E-state index is 0.318. The number of hydrogen-bond donors (Lipinski definition) is 1. The van der Waals surface area contributed by atoms with Crippen LogP contribution in [0.5, 0.6) is 0 Å². The van der Waals surface area contributed by atoms with Gasteiger partial charge in [-0.3, -0.25) is 10.2 Å². The fraction of sp³-hybridized carbons (Fsp3) is 0.909. The molecular formula is C11H19ClN2OS. The van der Waals surface area contributed by atoms with Crippen LogP contribution in [-0.4, -0.2) is 32.8 Å². The van der Waals surface area contributed by atoms with Gasteiger partial charge in [-0.1, -0.05) is 12.8 Å². The van der Waals surface area contributed by atoms with Crippen molar-refractivity contribution in [1.29, 1.82) is 0 Å². The smallest absolute Gasteiger partial charge is 0.158 e. The lowest BCUT2D eigenvalue weighted by atomic mass is 9.78. The molecule has 1 saturated carbocycles. The number of piperidine rings is 1. The lowest BCUT2D eigenvalue weighted by Crippen LogP contribution is -2.53. The first-order chi connectivity index (χ1) is 7.86. The summed E-state index contributed by atoms with van der Waals surface area (Å²) in [7, 11) is 0. The topological polar surface area (TPSA) is 32.3 Å². The quantitative estimate of drug-likeness (QED) is 0.444. The van der Waals surface area contributed by atoms with E-state index in [9.17, 15) is 4.21 Å². The lowest BCUT2D eigenvalue weighted by Gasteiger charge is -2.43. The highest BCUT2D eigenvalue weighted by molar-refractivity contribution is 7.66. The number of halogens is 1. The van der Waals surface area contributed by atoms with Crippen LogP contribution in [0.4, 0.5) is 0 Å². The molecule has 2 fully saturated rings. The summed E-state index contributed by atoms with van der Waals surface area (Å²) >= 11 is 6.21. The van der Waals surface area contributed by atoms with Crippen LogP contribution in [0.25, 0.3) is 0 Å². The van der Waals surface area contributed by atoms with Crippen molar-refractivity contribution in [2.45, 2.75) is 44.6 Å². The zero-order valence-electron chi connectivity index (χ0n) is 9.45. The second-order valence-electron chi connectivity index (χ2n) is 4.65. The molecule has 0 aromatic carbocycles. The summed E-state index contributed by atoms with van der Waals surface area (Å²) in [4.78, 5) is 2.27. The molecule has 5 heteroatoms. The molecule has 2 rings (SSSR count). The van der Waals surface area contributed by atoms with Crippen molar-refractivity contribution in [2.24, 2.45) is 5.92 Å². The Hall–Kier alpha value is 0.1000. The molecule has 0 aromatic heterocycles. The molecule has 3 nitrogen and oxygen atoms in total. The molecule has 0 amide bonds. The number of nitrogens with zero attached hydrogens (tertiary/aromatic N) is 1. The first-order valence-corrected chi connectivity index (χ1v) is 7.37. The van der Waals surface area contributed by atoms with Crippen molar-refractivity contribution in [3.63, 3.8) is 0 Å². The van der Waals surface area contributed by atoms with Gasteiger partial charge in [-0.2, -0.15) is 0 Å². The molecule has 0 radical (unpaired) electrons. The molecule has 92 valence electrons. The van der Waals surface area contributed by atoms with Crippen LogP contribution in [0.3, 0.4) is 0 Å². The van der Waals surface area contributed by atoms with Crippen molar-refractivity contribution in [3.8, 4) is 0 Å². The van der Waals surface area contributed by atoms with E-state index in [0.717, 1.165) is 17.6 Å². The predicted octanol–water partition coefficient (Wildman–Crippen LogP) is 1.73. The minimum atomic E-state index is 0.318. The Bertz CT molecular complexity index is 292. The van der Waals surface area contributed by atoms with Crippen LogP contribution in [-0.2, 0) is 11.3 Å². The van der Waals surface area contributed by atoms with Gasteiger partial charge in [0.1, 0.15) is 11.3 Å². The number of rotatable bonds is 1. The van der Waals surface area contributed by atoms with Gasteiger partial charge in [-0.05, 0) is 31.6 Å². The maximum atomic E-state index is 11.1. The predicted molar refractivity (Wildman–Crippen MR) is 68.7 cm³/mol. The first-order valence-electron chi connectivity index (χ1n) is 6.10. The average molecular weight is 263 g/mol. The van der Waals surface area contributed by atoms with E-state index in [2.05, 4.69) is 10.2 Å². The molecule has 1 N–H and O–H groups in total. The Morgan fingerprint density at radius 2 is 2.06 bits per heavy atom. The largest absolute Gasteiger partial charge is 0.254 e. The van der Waals surface area contributed by atoms with Crippen molar-refractivity contribution in [2.75, 3.05) is 12.5 Å². The number of hydrogen-bond acceptors (Lipinski definition) is 1. The highest BCUT2D eigenvalue weighted by Crippen LogP contribution is 2.34. The van der Waals surface area contributed by atoms with Gasteiger partial charge >= 0.3 is 0 Å². The maximum Gasteiger partial charge on any atom is 0.158 e. The van der Waals surface area contributed by atoms with E-state index in [0.29, 0.717) is 23.3 Å². The molecule has 0 bridgehead atoms. The van der Waals surface area contributed by atoms with Gasteiger partial charge in [0.15, 0.2) is 5.11 Å². The van der Waals surface area contributed by atoms with Crippen LogP contribution in [0.2, 0.25) is 0 Å². The van der Waals surface area contributed by atoms with Gasteiger partial charge in [-0.25, -0.2) is 4.21 Å². The molecule has 16 heavy (non-hydrogen) atoms. The summed E-state index contributed by atoms with van der Waals surface area (Å²) in [6, 6.07) is 0.896. The Labute approximate surface area is 106 Å². The Balaban J connectivity index is 2.09. The molecule has 2 unspecified atom stereocenters. The lowest BCUT2D eigenvalue weighted by molar-refractivity contribution is 0.118. The Kier molecular flexibility index (Phi) is 4.82. The number of alkyl halides is 1. The number of likely N-dealkylation sites (tertiary alicyclic amines) is 1. The Morgan fingerprint density at radius 3 is 2.81 bits per heavy atom. The molecule has 2 aliphatic rings. The molecular weight excluding hydrogens is 244 g/mol. The zero-order chi connectivity index (χ0) is 11.4. The molecule has 1 aliphatic carbocycles. The average Bonchev–Trinajstić information content (AvgIpc) is 2.35. The monoisotopic (exact) mass is 262 g/mol. The zero-order valence-corrected chi connectivity index (χ0v) is 11.0. The van der Waals surface area contributed by atoms with E-state index in [1.54, 1.807) is 0 Å². The van der Waals surface area contributed by atoms with Gasteiger partial charge in [0.2, 0.25) is 0 Å². The van der Waals surface area contributed by atoms with Crippen molar-refractivity contribution >= 4 is 28.0 Å². The van der Waals surface area contributed by atoms with Gasteiger partial charge in [0.05, 0.1) is 6.00 Å². The van der Waals surface area contributed by atoms with E-state index < -0.39 is 0 Å². The maximum absolute atomic E-state index is 11.1. The third-order valence-electron chi connectivity index (χ3n) is 3.80. The highest BCUT2D eigenvalue weighted by Gasteiger charge is 2.35. The van der Waals surface area contributed by atoms with E-state index in [1.165, 1.54) is 38.5 Å². The summed E-state index contributed by atoms with van der Waals surface area (Å²) in [5.41, 5.74) is 0. The highest BCUT2D eigenvalue weighted by atomic mass is 35.5. The Morgan fingerprint density at radius 1 is 1.31 bits per heavy atom. The van der Waals surface area contributed by atoms with Crippen LogP contribution in [0.1, 0.15) is 38.5 Å². The van der Waals surface area contributed by atoms with Crippen LogP contribution < -0.4 is 5.32 Å². The first kappa shape index (κ1) is 12.6. The molecule has 2 atom stereocenters. The molecule has 1 heterocycles. The van der Waals surface area contributed by atoms with Crippen molar-refractivity contribution < 1.29 is 4.21 Å². The third kappa shape index (κ3) is 2.67. The van der Waals surface area contributed by atoms with Gasteiger partial charge in [0.25, 0.3) is 0 Å². The summed E-state index contributed by atoms with van der Waals surface area (Å²) < 4.78 is 11.1. The second kappa shape index (κ2) is 6.15. The summed E-state index contributed by atoms with van der Waals surface area (Å²) in [6.45, 7) is 1.01. The summed E-state index contributed by atoms with van der Waals surface area (Å²) in [5, 5.41) is 3.72. The molecule has 0 aromatic rings. The van der Waals surface area contributed by atoms with E-state index in [4.69, 9.17) is 11.6 Å².